The van der Waals surface area contributed by atoms with E-state index in [2.05, 4.69) is 51.1 Å². The molecule has 0 spiro atoms. The molecule has 1 aliphatic rings. The first-order valence-electron chi connectivity index (χ1n) is 12.8. The summed E-state index contributed by atoms with van der Waals surface area (Å²) < 4.78 is 5.73. The van der Waals surface area contributed by atoms with Crippen LogP contribution < -0.4 is 0 Å². The van der Waals surface area contributed by atoms with Gasteiger partial charge in [-0.3, -0.25) is 10.1 Å². The van der Waals surface area contributed by atoms with Gasteiger partial charge in [0.25, 0.3) is 5.69 Å². The summed E-state index contributed by atoms with van der Waals surface area (Å²) in [5.74, 6) is -0.408. The van der Waals surface area contributed by atoms with Gasteiger partial charge in [-0.25, -0.2) is 9.78 Å². The molecule has 0 aliphatic heterocycles. The molecule has 38 heavy (non-hydrogen) atoms. The standard InChI is InChI=1S/C32H30N2O4/c1-32(2,3)24-15-11-21(12-16-24)19-23-7-6-9-27-29(26-8-4-5-10-28(26)33-30(23)27)31(35)38-20-22-13-17-25(18-14-22)34(36)37/h4-5,8,10-19H,6-7,9,20H2,1-3H3. The van der Waals surface area contributed by atoms with Crippen LogP contribution in [0.4, 0.5) is 5.69 Å². The highest BCUT2D eigenvalue weighted by atomic mass is 16.6. The lowest BCUT2D eigenvalue weighted by Gasteiger charge is -2.23. The van der Waals surface area contributed by atoms with Crippen molar-refractivity contribution >= 4 is 34.2 Å². The van der Waals surface area contributed by atoms with E-state index in [1.807, 2.05) is 24.3 Å². The number of fused-ring (bicyclic) bond motifs is 2. The van der Waals surface area contributed by atoms with Gasteiger partial charge >= 0.3 is 5.97 Å². The molecular formula is C32H30N2O4. The van der Waals surface area contributed by atoms with E-state index in [1.54, 1.807) is 12.1 Å². The van der Waals surface area contributed by atoms with Crippen LogP contribution in [0, 0.1) is 10.1 Å². The Morgan fingerprint density at radius 2 is 1.71 bits per heavy atom. The number of nitro groups is 1. The first-order chi connectivity index (χ1) is 18.2. The number of rotatable bonds is 5. The minimum absolute atomic E-state index is 0.00152. The van der Waals surface area contributed by atoms with Crippen molar-refractivity contribution in [1.29, 1.82) is 0 Å². The number of nitro benzene ring substituents is 1. The van der Waals surface area contributed by atoms with Crippen LogP contribution in [0.3, 0.4) is 0 Å². The smallest absolute Gasteiger partial charge is 0.339 e. The van der Waals surface area contributed by atoms with Gasteiger partial charge in [0.2, 0.25) is 0 Å². The van der Waals surface area contributed by atoms with Gasteiger partial charge in [-0.1, -0.05) is 63.2 Å². The van der Waals surface area contributed by atoms with Crippen molar-refractivity contribution in [3.8, 4) is 0 Å². The van der Waals surface area contributed by atoms with Gasteiger partial charge in [0.1, 0.15) is 6.61 Å². The van der Waals surface area contributed by atoms with Gasteiger partial charge in [0.05, 0.1) is 21.7 Å². The maximum atomic E-state index is 13.5. The predicted molar refractivity (Wildman–Crippen MR) is 150 cm³/mol. The molecule has 0 saturated heterocycles. The number of carbonyl (C=O) groups excluding carboxylic acids is 1. The molecule has 0 N–H and O–H groups in total. The SMILES string of the molecule is CC(C)(C)c1ccc(C=C2CCCc3c2nc2ccccc2c3C(=O)OCc2ccc([N+](=O)[O-])cc2)cc1. The highest BCUT2D eigenvalue weighted by Crippen LogP contribution is 2.37. The second kappa shape index (κ2) is 10.2. The number of carbonyl (C=O) groups is 1. The zero-order valence-corrected chi connectivity index (χ0v) is 21.9. The lowest BCUT2D eigenvalue weighted by molar-refractivity contribution is -0.384. The molecule has 0 amide bonds. The molecule has 6 heteroatoms. The normalized spacial score (nSPS) is 14.3. The van der Waals surface area contributed by atoms with Crippen LogP contribution in [0.2, 0.25) is 0 Å². The third-order valence-electron chi connectivity index (χ3n) is 7.01. The van der Waals surface area contributed by atoms with Gasteiger partial charge < -0.3 is 4.74 Å². The topological polar surface area (TPSA) is 82.3 Å². The molecule has 1 aromatic heterocycles. The van der Waals surface area contributed by atoms with E-state index in [0.717, 1.165) is 52.6 Å². The van der Waals surface area contributed by atoms with Crippen molar-refractivity contribution in [2.24, 2.45) is 0 Å². The molecule has 0 radical (unpaired) electrons. The molecule has 0 saturated carbocycles. The molecular weight excluding hydrogens is 476 g/mol. The minimum atomic E-state index is -0.449. The van der Waals surface area contributed by atoms with Crippen molar-refractivity contribution in [2.75, 3.05) is 0 Å². The van der Waals surface area contributed by atoms with E-state index in [9.17, 15) is 14.9 Å². The van der Waals surface area contributed by atoms with Gasteiger partial charge in [-0.05, 0) is 76.8 Å². The van der Waals surface area contributed by atoms with Gasteiger partial charge in [-0.2, -0.15) is 0 Å². The van der Waals surface area contributed by atoms with E-state index in [0.29, 0.717) is 11.1 Å². The first-order valence-corrected chi connectivity index (χ1v) is 12.8. The fourth-order valence-electron chi connectivity index (χ4n) is 4.92. The second-order valence-electron chi connectivity index (χ2n) is 10.7. The number of nitrogens with zero attached hydrogens (tertiary/aromatic N) is 2. The summed E-state index contributed by atoms with van der Waals surface area (Å²) in [6.07, 6.45) is 4.73. The maximum absolute atomic E-state index is 13.5. The molecule has 6 nitrogen and oxygen atoms in total. The highest BCUT2D eigenvalue weighted by molar-refractivity contribution is 6.06. The van der Waals surface area contributed by atoms with Crippen LogP contribution >= 0.6 is 0 Å². The number of allylic oxidation sites excluding steroid dienone is 1. The monoisotopic (exact) mass is 506 g/mol. The molecule has 0 fully saturated rings. The minimum Gasteiger partial charge on any atom is -0.457 e. The summed E-state index contributed by atoms with van der Waals surface area (Å²) in [6, 6.07) is 22.3. The average molecular weight is 507 g/mol. The number of para-hydroxylation sites is 1. The van der Waals surface area contributed by atoms with Gasteiger partial charge in [-0.15, -0.1) is 0 Å². The van der Waals surface area contributed by atoms with Crippen molar-refractivity contribution < 1.29 is 14.5 Å². The fraction of sp³-hybridized carbons (Fsp3) is 0.250. The summed E-state index contributed by atoms with van der Waals surface area (Å²) in [5.41, 5.74) is 7.38. The van der Waals surface area contributed by atoms with Crippen LogP contribution in [-0.2, 0) is 23.2 Å². The summed E-state index contributed by atoms with van der Waals surface area (Å²) in [7, 11) is 0. The molecule has 1 aliphatic carbocycles. The molecule has 1 heterocycles. The van der Waals surface area contributed by atoms with Crippen molar-refractivity contribution in [1.82, 2.24) is 4.98 Å². The Balaban J connectivity index is 1.50. The molecule has 192 valence electrons. The Morgan fingerprint density at radius 3 is 2.39 bits per heavy atom. The van der Waals surface area contributed by atoms with Gasteiger partial charge in [0, 0.05) is 17.5 Å². The largest absolute Gasteiger partial charge is 0.457 e. The van der Waals surface area contributed by atoms with Crippen LogP contribution in [0.5, 0.6) is 0 Å². The molecule has 3 aromatic carbocycles. The van der Waals surface area contributed by atoms with Crippen LogP contribution in [0.15, 0.2) is 72.8 Å². The summed E-state index contributed by atoms with van der Waals surface area (Å²) in [6.45, 7) is 6.64. The Bertz CT molecular complexity index is 1550. The van der Waals surface area contributed by atoms with Crippen LogP contribution in [0.25, 0.3) is 22.6 Å². The van der Waals surface area contributed by atoms with Crippen LogP contribution in [-0.4, -0.2) is 15.9 Å². The van der Waals surface area contributed by atoms with E-state index in [1.165, 1.54) is 17.7 Å². The molecule has 0 bridgehead atoms. The third-order valence-corrected chi connectivity index (χ3v) is 7.01. The zero-order chi connectivity index (χ0) is 26.9. The zero-order valence-electron chi connectivity index (χ0n) is 21.9. The Morgan fingerprint density at radius 1 is 1.00 bits per heavy atom. The van der Waals surface area contributed by atoms with E-state index >= 15 is 0 Å². The lowest BCUT2D eigenvalue weighted by atomic mass is 9.85. The first kappa shape index (κ1) is 25.3. The number of aromatic nitrogens is 1. The van der Waals surface area contributed by atoms with E-state index in [4.69, 9.17) is 9.72 Å². The number of ether oxygens (including phenoxy) is 1. The fourth-order valence-corrected chi connectivity index (χ4v) is 4.92. The molecule has 0 atom stereocenters. The third kappa shape index (κ3) is 5.21. The number of hydrogen-bond acceptors (Lipinski definition) is 5. The molecule has 5 rings (SSSR count). The average Bonchev–Trinajstić information content (AvgIpc) is 2.90. The quantitative estimate of drug-likeness (QED) is 0.158. The van der Waals surface area contributed by atoms with Crippen molar-refractivity contribution in [3.05, 3.63) is 116 Å². The van der Waals surface area contributed by atoms with E-state index < -0.39 is 10.9 Å². The molecule has 4 aromatic rings. The molecule has 0 unspecified atom stereocenters. The predicted octanol–water partition coefficient (Wildman–Crippen LogP) is 7.67. The number of hydrogen-bond donors (Lipinski definition) is 0. The number of non-ortho nitro benzene ring substituents is 1. The number of pyridine rings is 1. The van der Waals surface area contributed by atoms with Crippen molar-refractivity contribution in [3.63, 3.8) is 0 Å². The van der Waals surface area contributed by atoms with E-state index in [-0.39, 0.29) is 17.7 Å². The lowest BCUT2D eigenvalue weighted by Crippen LogP contribution is -2.15. The maximum Gasteiger partial charge on any atom is 0.339 e. The highest BCUT2D eigenvalue weighted by Gasteiger charge is 2.26. The number of esters is 1. The van der Waals surface area contributed by atoms with Gasteiger partial charge in [0.15, 0.2) is 0 Å². The Labute approximate surface area is 222 Å². The summed E-state index contributed by atoms with van der Waals surface area (Å²) >= 11 is 0. The Kier molecular flexibility index (Phi) is 6.81. The summed E-state index contributed by atoms with van der Waals surface area (Å²) in [4.78, 5) is 29.0. The second-order valence-corrected chi connectivity index (χ2v) is 10.7. The number of benzene rings is 3. The summed E-state index contributed by atoms with van der Waals surface area (Å²) in [5, 5.41) is 11.7. The van der Waals surface area contributed by atoms with Crippen molar-refractivity contribution in [2.45, 2.75) is 52.1 Å². The van der Waals surface area contributed by atoms with Crippen LogP contribution in [0.1, 0.15) is 71.9 Å². The Hall–Kier alpha value is -4.32.